The summed E-state index contributed by atoms with van der Waals surface area (Å²) in [4.78, 5) is 29.8. The van der Waals surface area contributed by atoms with Gasteiger partial charge in [0.05, 0.1) is 9.79 Å². The zero-order chi connectivity index (χ0) is 34.4. The number of nitrogens with two attached hydrogens (primary N) is 2. The Kier molecular flexibility index (Phi) is 10.0. The van der Waals surface area contributed by atoms with E-state index < -0.39 is 9.84 Å². The molecule has 244 valence electrons. The smallest absolute Gasteiger partial charge is 0.255 e. The monoisotopic (exact) mass is 702 g/mol. The molecular weight excluding hydrogens is 673 g/mol. The first kappa shape index (κ1) is 33.4. The number of sulfone groups is 1. The molecule has 2 amide bonds. The van der Waals surface area contributed by atoms with Crippen molar-refractivity contribution in [3.63, 3.8) is 0 Å². The van der Waals surface area contributed by atoms with Crippen molar-refractivity contribution >= 4 is 67.9 Å². The largest absolute Gasteiger partial charge is 0.399 e. The summed E-state index contributed by atoms with van der Waals surface area (Å²) in [6, 6.07) is 41.5. The highest BCUT2D eigenvalue weighted by atomic mass is 32.2. The quantitative estimate of drug-likeness (QED) is 0.104. The fourth-order valence-corrected chi connectivity index (χ4v) is 7.56. The van der Waals surface area contributed by atoms with Gasteiger partial charge in [0.1, 0.15) is 0 Å². The van der Waals surface area contributed by atoms with Crippen LogP contribution in [0.25, 0.3) is 0 Å². The molecule has 0 bridgehead atoms. The molecular formula is C38H30N4O4S3. The van der Waals surface area contributed by atoms with Crippen molar-refractivity contribution in [3.8, 4) is 0 Å². The summed E-state index contributed by atoms with van der Waals surface area (Å²) in [6.45, 7) is 0. The summed E-state index contributed by atoms with van der Waals surface area (Å²) >= 11 is 3.12. The highest BCUT2D eigenvalue weighted by Gasteiger charge is 2.18. The summed E-state index contributed by atoms with van der Waals surface area (Å²) in [5.74, 6) is -0.629. The molecule has 0 radical (unpaired) electrons. The lowest BCUT2D eigenvalue weighted by Gasteiger charge is -2.10. The van der Waals surface area contributed by atoms with Gasteiger partial charge in [0.2, 0.25) is 9.84 Å². The molecule has 0 saturated carbocycles. The van der Waals surface area contributed by atoms with Gasteiger partial charge in [-0.1, -0.05) is 23.5 Å². The van der Waals surface area contributed by atoms with E-state index in [1.165, 1.54) is 24.3 Å². The van der Waals surface area contributed by atoms with E-state index in [9.17, 15) is 18.0 Å². The van der Waals surface area contributed by atoms with Crippen molar-refractivity contribution in [2.24, 2.45) is 0 Å². The van der Waals surface area contributed by atoms with Crippen LogP contribution in [0.3, 0.4) is 0 Å². The number of amides is 2. The molecule has 0 heterocycles. The SMILES string of the molecule is Nc1ccc(Sc2ccc(C(=O)Nc3ccc(S(=O)(=O)c4ccc(NC(=O)c5ccc(Sc6ccc(N)cc6)cc5)cc4)cc3)cc2)cc1. The summed E-state index contributed by atoms with van der Waals surface area (Å²) in [5.41, 5.74) is 14.7. The lowest BCUT2D eigenvalue weighted by atomic mass is 10.2. The van der Waals surface area contributed by atoms with Crippen LogP contribution in [0, 0.1) is 0 Å². The van der Waals surface area contributed by atoms with Crippen LogP contribution >= 0.6 is 23.5 Å². The predicted octanol–water partition coefficient (Wildman–Crippen LogP) is 8.49. The van der Waals surface area contributed by atoms with Crippen molar-refractivity contribution < 1.29 is 18.0 Å². The second-order valence-electron chi connectivity index (χ2n) is 10.9. The molecule has 0 saturated heterocycles. The van der Waals surface area contributed by atoms with Crippen LogP contribution in [0.1, 0.15) is 20.7 Å². The Morgan fingerprint density at radius 1 is 0.429 bits per heavy atom. The minimum Gasteiger partial charge on any atom is -0.399 e. The Morgan fingerprint density at radius 2 is 0.714 bits per heavy atom. The Hall–Kier alpha value is -5.49. The third kappa shape index (κ3) is 8.52. The van der Waals surface area contributed by atoms with Gasteiger partial charge in [0.25, 0.3) is 11.8 Å². The van der Waals surface area contributed by atoms with Gasteiger partial charge in [-0.15, -0.1) is 0 Å². The zero-order valence-corrected chi connectivity index (χ0v) is 28.3. The maximum Gasteiger partial charge on any atom is 0.255 e. The number of hydrogen-bond acceptors (Lipinski definition) is 8. The molecule has 8 nitrogen and oxygen atoms in total. The third-order valence-electron chi connectivity index (χ3n) is 7.31. The maximum absolute atomic E-state index is 13.3. The van der Waals surface area contributed by atoms with Crippen LogP contribution in [0.2, 0.25) is 0 Å². The van der Waals surface area contributed by atoms with E-state index in [0.717, 1.165) is 19.6 Å². The number of nitrogens with one attached hydrogen (secondary N) is 2. The first-order chi connectivity index (χ1) is 23.6. The van der Waals surface area contributed by atoms with E-state index in [2.05, 4.69) is 10.6 Å². The molecule has 6 rings (SSSR count). The molecule has 0 aromatic heterocycles. The summed E-state index contributed by atoms with van der Waals surface area (Å²) in [5, 5.41) is 5.61. The van der Waals surface area contributed by atoms with E-state index >= 15 is 0 Å². The van der Waals surface area contributed by atoms with E-state index in [-0.39, 0.29) is 21.6 Å². The molecule has 6 aromatic rings. The number of carbonyl (C=O) groups is 2. The van der Waals surface area contributed by atoms with Crippen LogP contribution in [0.15, 0.2) is 175 Å². The van der Waals surface area contributed by atoms with Crippen LogP contribution in [-0.4, -0.2) is 20.2 Å². The molecule has 0 aliphatic carbocycles. The number of anilines is 4. The van der Waals surface area contributed by atoms with Crippen LogP contribution in [0.5, 0.6) is 0 Å². The molecule has 0 aliphatic heterocycles. The van der Waals surface area contributed by atoms with Crippen molar-refractivity contribution in [2.75, 3.05) is 22.1 Å². The van der Waals surface area contributed by atoms with E-state index in [1.54, 1.807) is 72.1 Å². The first-order valence-corrected chi connectivity index (χ1v) is 18.1. The highest BCUT2D eigenvalue weighted by Crippen LogP contribution is 2.30. The van der Waals surface area contributed by atoms with Gasteiger partial charge >= 0.3 is 0 Å². The normalized spacial score (nSPS) is 11.1. The van der Waals surface area contributed by atoms with Gasteiger partial charge in [0.15, 0.2) is 0 Å². The topological polar surface area (TPSA) is 144 Å². The van der Waals surface area contributed by atoms with E-state index in [0.29, 0.717) is 33.9 Å². The van der Waals surface area contributed by atoms with Crippen LogP contribution < -0.4 is 22.1 Å². The first-order valence-electron chi connectivity index (χ1n) is 15.0. The van der Waals surface area contributed by atoms with Crippen molar-refractivity contribution in [2.45, 2.75) is 29.4 Å². The van der Waals surface area contributed by atoms with Gasteiger partial charge < -0.3 is 22.1 Å². The fraction of sp³-hybridized carbons (Fsp3) is 0. The molecule has 0 unspecified atom stereocenters. The molecule has 0 aliphatic rings. The highest BCUT2D eigenvalue weighted by molar-refractivity contribution is 7.99. The zero-order valence-electron chi connectivity index (χ0n) is 25.9. The second-order valence-corrected chi connectivity index (χ2v) is 15.1. The van der Waals surface area contributed by atoms with Crippen molar-refractivity contribution in [1.29, 1.82) is 0 Å². The number of nitrogen functional groups attached to an aromatic ring is 2. The Labute approximate surface area is 292 Å². The molecule has 49 heavy (non-hydrogen) atoms. The van der Waals surface area contributed by atoms with E-state index in [1.807, 2.05) is 72.8 Å². The average molecular weight is 703 g/mol. The minimum absolute atomic E-state index is 0.0725. The van der Waals surface area contributed by atoms with Gasteiger partial charge in [-0.2, -0.15) is 0 Å². The van der Waals surface area contributed by atoms with Gasteiger partial charge in [-0.3, -0.25) is 9.59 Å². The number of benzene rings is 6. The maximum atomic E-state index is 13.3. The van der Waals surface area contributed by atoms with Crippen molar-refractivity contribution in [3.05, 3.63) is 157 Å². The predicted molar refractivity (Wildman–Crippen MR) is 197 cm³/mol. The summed E-state index contributed by atoms with van der Waals surface area (Å²) in [6.07, 6.45) is 0. The fourth-order valence-electron chi connectivity index (χ4n) is 4.67. The van der Waals surface area contributed by atoms with Crippen LogP contribution in [-0.2, 0) is 9.84 Å². The molecule has 0 fully saturated rings. The Balaban J connectivity index is 1.03. The van der Waals surface area contributed by atoms with Crippen LogP contribution in [0.4, 0.5) is 22.7 Å². The van der Waals surface area contributed by atoms with Crippen molar-refractivity contribution in [1.82, 2.24) is 0 Å². The molecule has 0 spiro atoms. The molecule has 11 heteroatoms. The standard InChI is InChI=1S/C38H30N4O4S3/c39-27-5-17-33(18-6-27)47-31-13-1-25(2-14-31)37(43)41-29-9-21-35(22-10-29)49(45,46)36-23-11-30(12-24-36)42-38(44)26-3-15-32(16-4-26)48-34-19-7-28(40)8-20-34/h1-24H,39-40H2,(H,41,43)(H,42,44). The molecule has 6 aromatic carbocycles. The summed E-state index contributed by atoms with van der Waals surface area (Å²) in [7, 11) is -3.84. The lowest BCUT2D eigenvalue weighted by Crippen LogP contribution is -2.12. The number of rotatable bonds is 10. The summed E-state index contributed by atoms with van der Waals surface area (Å²) < 4.78 is 26.6. The Bertz CT molecular complexity index is 2040. The second kappa shape index (κ2) is 14.7. The van der Waals surface area contributed by atoms with Gasteiger partial charge in [-0.25, -0.2) is 8.42 Å². The lowest BCUT2D eigenvalue weighted by molar-refractivity contribution is 0.101. The van der Waals surface area contributed by atoms with Gasteiger partial charge in [0, 0.05) is 53.5 Å². The minimum atomic E-state index is -3.84. The number of hydrogen-bond donors (Lipinski definition) is 4. The third-order valence-corrected chi connectivity index (χ3v) is 11.1. The average Bonchev–Trinajstić information content (AvgIpc) is 3.11. The van der Waals surface area contributed by atoms with E-state index in [4.69, 9.17) is 11.5 Å². The Morgan fingerprint density at radius 3 is 1.02 bits per heavy atom. The number of carbonyl (C=O) groups excluding carboxylic acids is 2. The molecule has 6 N–H and O–H groups in total. The van der Waals surface area contributed by atoms with Gasteiger partial charge in [-0.05, 0) is 146 Å². The molecule has 0 atom stereocenters.